The Morgan fingerprint density at radius 1 is 0.500 bits per heavy atom. The van der Waals surface area contributed by atoms with Crippen molar-refractivity contribution in [1.82, 2.24) is 4.90 Å². The number of aliphatic hydroxyl groups is 1. The first-order chi connectivity index (χ1) is 11.1. The van der Waals surface area contributed by atoms with E-state index in [9.17, 15) is 0 Å². The third kappa shape index (κ3) is 38.1. The molecule has 150 valence electrons. The zero-order chi connectivity index (χ0) is 17.6. The maximum Gasteiger partial charge on any atom is 0.0431 e. The van der Waals surface area contributed by atoms with Crippen molar-refractivity contribution in [2.24, 2.45) is 0 Å². The van der Waals surface area contributed by atoms with Crippen LogP contribution in [0, 0.1) is 0 Å². The van der Waals surface area contributed by atoms with Gasteiger partial charge in [-0.1, -0.05) is 103 Å². The summed E-state index contributed by atoms with van der Waals surface area (Å²) in [6.45, 7) is 2.66. The monoisotopic (exact) mass is 409 g/mol. The van der Waals surface area contributed by atoms with Gasteiger partial charge in [-0.15, -0.1) is 17.0 Å². The molecule has 24 heavy (non-hydrogen) atoms. The van der Waals surface area contributed by atoms with E-state index in [1.165, 1.54) is 96.3 Å². The van der Waals surface area contributed by atoms with E-state index in [1.54, 1.807) is 0 Å². The molecule has 0 atom stereocenters. The number of unbranched alkanes of at least 4 members (excludes halogenated alkanes) is 15. The third-order valence-electron chi connectivity index (χ3n) is 4.01. The summed E-state index contributed by atoms with van der Waals surface area (Å²) in [5.74, 6) is 0. The standard InChI is InChI=1S/C18H38O.C3H9N.BrH/c1-2-3-4-5-6-7-8-9-10-11-12-13-14-15-16-17-18-19;1-4(2)3;/h19H,2-18H2,1H3;1-3H3;1H. The van der Waals surface area contributed by atoms with Crippen LogP contribution < -0.4 is 0 Å². The largest absolute Gasteiger partial charge is 0.396 e. The predicted octanol–water partition coefficient (Wildman–Crippen LogP) is 7.00. The molecule has 0 amide bonds. The predicted molar refractivity (Wildman–Crippen MR) is 117 cm³/mol. The van der Waals surface area contributed by atoms with Gasteiger partial charge >= 0.3 is 0 Å². The molecule has 0 unspecified atom stereocenters. The second kappa shape index (κ2) is 28.2. The highest BCUT2D eigenvalue weighted by Gasteiger charge is 1.94. The first kappa shape index (κ1) is 29.2. The molecule has 0 aliphatic carbocycles. The first-order valence-corrected chi connectivity index (χ1v) is 10.4. The van der Waals surface area contributed by atoms with Crippen LogP contribution in [0.15, 0.2) is 0 Å². The van der Waals surface area contributed by atoms with Crippen LogP contribution in [0.5, 0.6) is 0 Å². The van der Waals surface area contributed by atoms with E-state index in [0.717, 1.165) is 6.42 Å². The van der Waals surface area contributed by atoms with Crippen LogP contribution in [0.4, 0.5) is 0 Å². The van der Waals surface area contributed by atoms with Crippen molar-refractivity contribution in [3.05, 3.63) is 0 Å². The third-order valence-corrected chi connectivity index (χ3v) is 4.01. The SMILES string of the molecule is Br.CCCCCCCCCCCCCCCCCCO.CN(C)C. The lowest BCUT2D eigenvalue weighted by molar-refractivity contribution is 0.282. The number of hydrogen-bond donors (Lipinski definition) is 1. The highest BCUT2D eigenvalue weighted by Crippen LogP contribution is 2.13. The molecule has 0 aliphatic rings. The molecule has 0 rings (SSSR count). The molecular formula is C21H48BrNO. The van der Waals surface area contributed by atoms with Crippen molar-refractivity contribution >= 4 is 17.0 Å². The molecule has 2 nitrogen and oxygen atoms in total. The summed E-state index contributed by atoms with van der Waals surface area (Å²) in [6.07, 6.45) is 22.2. The number of rotatable bonds is 16. The molecule has 0 radical (unpaired) electrons. The minimum absolute atomic E-state index is 0. The Morgan fingerprint density at radius 3 is 0.917 bits per heavy atom. The van der Waals surface area contributed by atoms with Gasteiger partial charge in [0.1, 0.15) is 0 Å². The summed E-state index contributed by atoms with van der Waals surface area (Å²) in [5, 5.41) is 8.67. The minimum atomic E-state index is 0. The second-order valence-electron chi connectivity index (χ2n) is 7.37. The Bertz CT molecular complexity index is 170. The van der Waals surface area contributed by atoms with Crippen LogP contribution in [0.3, 0.4) is 0 Å². The molecule has 0 aromatic heterocycles. The Labute approximate surface area is 164 Å². The Balaban J connectivity index is -0.000000787. The molecule has 0 heterocycles. The van der Waals surface area contributed by atoms with Crippen molar-refractivity contribution < 1.29 is 5.11 Å². The summed E-state index contributed by atoms with van der Waals surface area (Å²) in [7, 11) is 6.00. The zero-order valence-corrected chi connectivity index (χ0v) is 19.0. The normalized spacial score (nSPS) is 10.2. The lowest BCUT2D eigenvalue weighted by atomic mass is 10.0. The van der Waals surface area contributed by atoms with Crippen LogP contribution in [-0.2, 0) is 0 Å². The molecule has 0 saturated carbocycles. The number of aliphatic hydroxyl groups excluding tert-OH is 1. The molecule has 0 bridgehead atoms. The van der Waals surface area contributed by atoms with Gasteiger partial charge in [-0.25, -0.2) is 0 Å². The first-order valence-electron chi connectivity index (χ1n) is 10.4. The van der Waals surface area contributed by atoms with E-state index in [2.05, 4.69) is 6.92 Å². The van der Waals surface area contributed by atoms with Gasteiger partial charge < -0.3 is 10.0 Å². The molecule has 0 aromatic rings. The molecular weight excluding hydrogens is 362 g/mol. The zero-order valence-electron chi connectivity index (χ0n) is 17.3. The van der Waals surface area contributed by atoms with Gasteiger partial charge in [-0.2, -0.15) is 0 Å². The summed E-state index contributed by atoms with van der Waals surface area (Å²) in [4.78, 5) is 2.00. The van der Waals surface area contributed by atoms with Crippen LogP contribution in [0.2, 0.25) is 0 Å². The van der Waals surface area contributed by atoms with Gasteiger partial charge in [0.2, 0.25) is 0 Å². The van der Waals surface area contributed by atoms with Crippen LogP contribution in [0.25, 0.3) is 0 Å². The van der Waals surface area contributed by atoms with Crippen molar-refractivity contribution in [1.29, 1.82) is 0 Å². The van der Waals surface area contributed by atoms with Gasteiger partial charge in [0.15, 0.2) is 0 Å². The van der Waals surface area contributed by atoms with Gasteiger partial charge in [0.05, 0.1) is 0 Å². The molecule has 0 aromatic carbocycles. The van der Waals surface area contributed by atoms with Crippen LogP contribution in [-0.4, -0.2) is 37.8 Å². The van der Waals surface area contributed by atoms with Gasteiger partial charge in [0.25, 0.3) is 0 Å². The quantitative estimate of drug-likeness (QED) is 0.277. The van der Waals surface area contributed by atoms with Crippen molar-refractivity contribution in [2.75, 3.05) is 27.7 Å². The molecule has 0 aliphatic heterocycles. The Hall–Kier alpha value is 0.400. The Morgan fingerprint density at radius 2 is 0.708 bits per heavy atom. The smallest absolute Gasteiger partial charge is 0.0431 e. The van der Waals surface area contributed by atoms with E-state index in [4.69, 9.17) is 5.11 Å². The van der Waals surface area contributed by atoms with Crippen molar-refractivity contribution in [3.63, 3.8) is 0 Å². The molecule has 3 heteroatoms. The van der Waals surface area contributed by atoms with E-state index < -0.39 is 0 Å². The minimum Gasteiger partial charge on any atom is -0.396 e. The number of hydrogen-bond acceptors (Lipinski definition) is 2. The summed E-state index contributed by atoms with van der Waals surface area (Å²) < 4.78 is 0. The maximum atomic E-state index is 8.67. The fraction of sp³-hybridized carbons (Fsp3) is 1.00. The molecule has 0 fully saturated rings. The number of halogens is 1. The lowest BCUT2D eigenvalue weighted by Crippen LogP contribution is -1.99. The van der Waals surface area contributed by atoms with Crippen molar-refractivity contribution in [2.45, 2.75) is 110 Å². The summed E-state index contributed by atoms with van der Waals surface area (Å²) >= 11 is 0. The average molecular weight is 411 g/mol. The molecule has 1 N–H and O–H groups in total. The highest BCUT2D eigenvalue weighted by atomic mass is 79.9. The van der Waals surface area contributed by atoms with Gasteiger partial charge in [-0.05, 0) is 27.6 Å². The van der Waals surface area contributed by atoms with Crippen LogP contribution >= 0.6 is 17.0 Å². The maximum absolute atomic E-state index is 8.67. The highest BCUT2D eigenvalue weighted by molar-refractivity contribution is 8.93. The van der Waals surface area contributed by atoms with E-state index in [1.807, 2.05) is 26.0 Å². The van der Waals surface area contributed by atoms with Gasteiger partial charge in [0, 0.05) is 6.61 Å². The fourth-order valence-electron chi connectivity index (χ4n) is 2.66. The molecule has 0 spiro atoms. The van der Waals surface area contributed by atoms with Crippen molar-refractivity contribution in [3.8, 4) is 0 Å². The van der Waals surface area contributed by atoms with Crippen LogP contribution in [0.1, 0.15) is 110 Å². The molecule has 0 saturated heterocycles. The number of nitrogens with zero attached hydrogens (tertiary/aromatic N) is 1. The fourth-order valence-corrected chi connectivity index (χ4v) is 2.66. The van der Waals surface area contributed by atoms with Gasteiger partial charge in [-0.3, -0.25) is 0 Å². The topological polar surface area (TPSA) is 23.5 Å². The average Bonchev–Trinajstić information content (AvgIpc) is 2.50. The summed E-state index contributed by atoms with van der Waals surface area (Å²) in [5.41, 5.74) is 0. The lowest BCUT2D eigenvalue weighted by Gasteiger charge is -2.03. The second-order valence-corrected chi connectivity index (χ2v) is 7.37. The van der Waals surface area contributed by atoms with E-state index in [0.29, 0.717) is 6.61 Å². The Kier molecular flexibility index (Phi) is 34.3. The van der Waals surface area contributed by atoms with E-state index in [-0.39, 0.29) is 17.0 Å². The van der Waals surface area contributed by atoms with E-state index >= 15 is 0 Å². The summed E-state index contributed by atoms with van der Waals surface area (Å²) in [6, 6.07) is 0.